The number of benzene rings is 1. The molecule has 2 amide bonds. The number of carboxylic acid groups (broad SMARTS) is 1. The predicted octanol–water partition coefficient (Wildman–Crippen LogP) is 1.98. The summed E-state index contributed by atoms with van der Waals surface area (Å²) in [5.74, 6) is -1.43. The predicted molar refractivity (Wildman–Crippen MR) is 110 cm³/mol. The number of aromatic hydroxyl groups is 1. The van der Waals surface area contributed by atoms with Crippen LogP contribution in [0.15, 0.2) is 53.6 Å². The Bertz CT molecular complexity index is 1000. The van der Waals surface area contributed by atoms with Crippen LogP contribution in [0.25, 0.3) is 0 Å². The molecule has 7 nitrogen and oxygen atoms in total. The molecule has 29 heavy (non-hydrogen) atoms. The van der Waals surface area contributed by atoms with Gasteiger partial charge in [0.05, 0.1) is 6.42 Å². The van der Waals surface area contributed by atoms with Gasteiger partial charge < -0.3 is 15.5 Å². The van der Waals surface area contributed by atoms with Gasteiger partial charge in [-0.3, -0.25) is 14.5 Å². The molecule has 1 aromatic carbocycles. The van der Waals surface area contributed by atoms with Gasteiger partial charge in [-0.25, -0.2) is 4.79 Å². The Kier molecular flexibility index (Phi) is 5.10. The number of carboxylic acids is 1. The van der Waals surface area contributed by atoms with Crippen molar-refractivity contribution in [1.29, 1.82) is 0 Å². The quantitative estimate of drug-likeness (QED) is 0.605. The van der Waals surface area contributed by atoms with Gasteiger partial charge in [-0.2, -0.15) is 0 Å². The van der Waals surface area contributed by atoms with Crippen LogP contribution in [0, 0.1) is 0 Å². The zero-order valence-corrected chi connectivity index (χ0v) is 16.8. The summed E-state index contributed by atoms with van der Waals surface area (Å²) in [5, 5.41) is 23.5. The second-order valence-corrected chi connectivity index (χ2v) is 9.02. The molecule has 3 heterocycles. The molecule has 0 saturated carbocycles. The number of carbonyl (C=O) groups is 3. The lowest BCUT2D eigenvalue weighted by Gasteiger charge is -2.56. The van der Waals surface area contributed by atoms with Gasteiger partial charge in [0, 0.05) is 17.1 Å². The number of nitrogens with zero attached hydrogens (tertiary/aromatic N) is 1. The van der Waals surface area contributed by atoms with E-state index in [1.54, 1.807) is 18.2 Å². The third-order valence-corrected chi connectivity index (χ3v) is 7.10. The zero-order valence-electron chi connectivity index (χ0n) is 15.2. The molecule has 0 aliphatic carbocycles. The standard InChI is InChI=1S/C20H18N2O5S2/c23-13-4-1-3-12(9-13)11-20(21-16(24)10-14-5-2-7-28-14)18(27)22-15(17(25)26)6-8-29-19(20)22/h1-7,9,19,23H,8,10-11H2,(H,21,24)(H,25,26)/t19-,20?/m0/s1. The largest absolute Gasteiger partial charge is 0.508 e. The molecule has 1 fully saturated rings. The second kappa shape index (κ2) is 7.57. The topological polar surface area (TPSA) is 107 Å². The smallest absolute Gasteiger partial charge is 0.352 e. The fraction of sp³-hybridized carbons (Fsp3) is 0.250. The van der Waals surface area contributed by atoms with E-state index in [2.05, 4.69) is 5.32 Å². The zero-order chi connectivity index (χ0) is 20.6. The lowest BCUT2D eigenvalue weighted by atomic mass is 9.80. The van der Waals surface area contributed by atoms with Crippen molar-refractivity contribution in [2.24, 2.45) is 0 Å². The van der Waals surface area contributed by atoms with Crippen LogP contribution in [0.2, 0.25) is 0 Å². The molecular weight excluding hydrogens is 412 g/mol. The molecule has 150 valence electrons. The van der Waals surface area contributed by atoms with Gasteiger partial charge in [0.25, 0.3) is 5.91 Å². The lowest BCUT2D eigenvalue weighted by Crippen LogP contribution is -2.80. The summed E-state index contributed by atoms with van der Waals surface area (Å²) in [5.41, 5.74) is -0.638. The number of fused-ring (bicyclic) bond motifs is 1. The lowest BCUT2D eigenvalue weighted by molar-refractivity contribution is -0.159. The number of nitrogens with one attached hydrogen (secondary N) is 1. The van der Waals surface area contributed by atoms with E-state index in [4.69, 9.17) is 0 Å². The highest BCUT2D eigenvalue weighted by atomic mass is 32.2. The normalized spacial score (nSPS) is 23.0. The summed E-state index contributed by atoms with van der Waals surface area (Å²) < 4.78 is 0. The van der Waals surface area contributed by atoms with Crippen LogP contribution in [0.3, 0.4) is 0 Å². The fourth-order valence-electron chi connectivity index (χ4n) is 3.72. The van der Waals surface area contributed by atoms with E-state index < -0.39 is 22.8 Å². The first-order valence-corrected chi connectivity index (χ1v) is 10.8. The molecule has 2 aliphatic heterocycles. The third kappa shape index (κ3) is 3.51. The van der Waals surface area contributed by atoms with Gasteiger partial charge in [-0.1, -0.05) is 18.2 Å². The number of phenolic OH excluding ortho intramolecular Hbond substituents is 1. The minimum Gasteiger partial charge on any atom is -0.508 e. The average molecular weight is 431 g/mol. The van der Waals surface area contributed by atoms with E-state index >= 15 is 0 Å². The number of rotatable bonds is 6. The molecule has 0 radical (unpaired) electrons. The second-order valence-electron chi connectivity index (χ2n) is 6.88. The molecule has 3 N–H and O–H groups in total. The maximum absolute atomic E-state index is 13.2. The Hall–Kier alpha value is -2.78. The molecule has 2 aromatic rings. The third-order valence-electron chi connectivity index (χ3n) is 4.94. The van der Waals surface area contributed by atoms with Crippen molar-refractivity contribution in [1.82, 2.24) is 10.2 Å². The van der Waals surface area contributed by atoms with Gasteiger partial charge >= 0.3 is 5.97 Å². The van der Waals surface area contributed by atoms with Crippen molar-refractivity contribution in [3.63, 3.8) is 0 Å². The molecule has 1 aromatic heterocycles. The number of amides is 2. The number of hydrogen-bond donors (Lipinski definition) is 3. The number of β-lactam (4-membered cyclic amide) rings is 1. The number of carbonyl (C=O) groups excluding carboxylic acids is 2. The van der Waals surface area contributed by atoms with Gasteiger partial charge in [0.1, 0.15) is 16.8 Å². The molecule has 0 spiro atoms. The Morgan fingerprint density at radius 3 is 2.79 bits per heavy atom. The number of phenols is 1. The van der Waals surface area contributed by atoms with Crippen LogP contribution in [0.5, 0.6) is 5.75 Å². The van der Waals surface area contributed by atoms with E-state index in [9.17, 15) is 24.6 Å². The van der Waals surface area contributed by atoms with Crippen LogP contribution in [0.1, 0.15) is 10.4 Å². The minimum atomic E-state index is -1.26. The maximum atomic E-state index is 13.2. The fourth-order valence-corrected chi connectivity index (χ4v) is 5.74. The monoisotopic (exact) mass is 430 g/mol. The van der Waals surface area contributed by atoms with Crippen molar-refractivity contribution in [3.05, 3.63) is 64.0 Å². The highest BCUT2D eigenvalue weighted by molar-refractivity contribution is 8.00. The van der Waals surface area contributed by atoms with Crippen molar-refractivity contribution < 1.29 is 24.6 Å². The summed E-state index contributed by atoms with van der Waals surface area (Å²) in [6.45, 7) is 0. The van der Waals surface area contributed by atoms with E-state index in [1.807, 2.05) is 17.5 Å². The molecule has 1 unspecified atom stereocenters. The Morgan fingerprint density at radius 1 is 1.28 bits per heavy atom. The Labute approximate surface area is 175 Å². The summed E-state index contributed by atoms with van der Waals surface area (Å²) >= 11 is 2.86. The van der Waals surface area contributed by atoms with Crippen LogP contribution >= 0.6 is 23.1 Å². The first-order chi connectivity index (χ1) is 13.9. The highest BCUT2D eigenvalue weighted by Crippen LogP contribution is 2.46. The van der Waals surface area contributed by atoms with Crippen molar-refractivity contribution in [2.45, 2.75) is 23.8 Å². The van der Waals surface area contributed by atoms with Crippen molar-refractivity contribution in [3.8, 4) is 5.75 Å². The van der Waals surface area contributed by atoms with E-state index in [-0.39, 0.29) is 30.2 Å². The summed E-state index contributed by atoms with van der Waals surface area (Å²) in [7, 11) is 0. The maximum Gasteiger partial charge on any atom is 0.352 e. The SMILES string of the molecule is O=C(Cc1cccs1)NC1(Cc2cccc(O)c2)C(=O)N2C(C(=O)O)=CCS[C@H]21. The summed E-state index contributed by atoms with van der Waals surface area (Å²) in [6, 6.07) is 10.2. The highest BCUT2D eigenvalue weighted by Gasteiger charge is 2.64. The molecule has 2 atom stereocenters. The first kappa shape index (κ1) is 19.5. The van der Waals surface area contributed by atoms with Crippen molar-refractivity contribution in [2.75, 3.05) is 5.75 Å². The number of aliphatic carboxylic acids is 1. The van der Waals surface area contributed by atoms with E-state index in [0.717, 1.165) is 4.88 Å². The molecular formula is C20H18N2O5S2. The first-order valence-electron chi connectivity index (χ1n) is 8.91. The van der Waals surface area contributed by atoms with Gasteiger partial charge in [-0.05, 0) is 35.2 Å². The Balaban J connectivity index is 1.65. The van der Waals surface area contributed by atoms with Crippen LogP contribution in [-0.2, 0) is 27.2 Å². The van der Waals surface area contributed by atoms with Gasteiger partial charge in [-0.15, -0.1) is 23.1 Å². The van der Waals surface area contributed by atoms with Crippen LogP contribution in [0.4, 0.5) is 0 Å². The van der Waals surface area contributed by atoms with Crippen LogP contribution in [-0.4, -0.2) is 49.6 Å². The number of hydrogen-bond acceptors (Lipinski definition) is 6. The minimum absolute atomic E-state index is 0.0576. The molecule has 1 saturated heterocycles. The summed E-state index contributed by atoms with van der Waals surface area (Å²) in [4.78, 5) is 39.6. The number of thiophene rings is 1. The van der Waals surface area contributed by atoms with Gasteiger partial charge in [0.15, 0.2) is 5.54 Å². The molecule has 4 rings (SSSR count). The van der Waals surface area contributed by atoms with Gasteiger partial charge in [0.2, 0.25) is 5.91 Å². The van der Waals surface area contributed by atoms with Crippen LogP contribution < -0.4 is 5.32 Å². The van der Waals surface area contributed by atoms with Crippen molar-refractivity contribution >= 4 is 40.9 Å². The molecule has 9 heteroatoms. The Morgan fingerprint density at radius 2 is 2.10 bits per heavy atom. The molecule has 0 bridgehead atoms. The molecule has 2 aliphatic rings. The van der Waals surface area contributed by atoms with E-state index in [0.29, 0.717) is 11.3 Å². The summed E-state index contributed by atoms with van der Waals surface area (Å²) in [6.07, 6.45) is 1.82. The van der Waals surface area contributed by atoms with E-state index in [1.165, 1.54) is 40.1 Å². The average Bonchev–Trinajstić information content (AvgIpc) is 3.19. The number of thioether (sulfide) groups is 1.